The third kappa shape index (κ3) is 8.35. The van der Waals surface area contributed by atoms with Crippen LogP contribution in [0.15, 0.2) is 47.5 Å². The van der Waals surface area contributed by atoms with Crippen molar-refractivity contribution in [1.29, 1.82) is 0 Å². The molecule has 0 aromatic heterocycles. The van der Waals surface area contributed by atoms with Crippen molar-refractivity contribution in [3.05, 3.63) is 63.6 Å². The van der Waals surface area contributed by atoms with Gasteiger partial charge < -0.3 is 24.6 Å². The SMILES string of the molecule is CC(C)(C)OC(=O)CC[C@]1(C(=O)NCc2ccc(Cl)c(Cl)c2)COC(c2ccc(OCCCO)cc2)=N1. The maximum Gasteiger partial charge on any atom is 0.306 e. The van der Waals surface area contributed by atoms with E-state index < -0.39 is 17.1 Å². The van der Waals surface area contributed by atoms with E-state index in [9.17, 15) is 9.59 Å². The Hall–Kier alpha value is -2.81. The smallest absolute Gasteiger partial charge is 0.306 e. The highest BCUT2D eigenvalue weighted by atomic mass is 35.5. The van der Waals surface area contributed by atoms with Gasteiger partial charge in [-0.2, -0.15) is 0 Å². The Bertz CT molecular complexity index is 1130. The number of benzene rings is 2. The molecular weight excluding hydrogens is 519 g/mol. The van der Waals surface area contributed by atoms with Crippen LogP contribution in [0.1, 0.15) is 51.2 Å². The molecule has 3 rings (SSSR count). The molecular formula is C27H32Cl2N2O6. The zero-order valence-corrected chi connectivity index (χ0v) is 22.7. The third-order valence-electron chi connectivity index (χ3n) is 5.46. The van der Waals surface area contributed by atoms with E-state index in [4.69, 9.17) is 42.5 Å². The summed E-state index contributed by atoms with van der Waals surface area (Å²) in [4.78, 5) is 30.5. The van der Waals surface area contributed by atoms with Crippen molar-refractivity contribution in [3.8, 4) is 5.75 Å². The van der Waals surface area contributed by atoms with Gasteiger partial charge in [0.25, 0.3) is 5.91 Å². The van der Waals surface area contributed by atoms with Gasteiger partial charge in [-0.1, -0.05) is 29.3 Å². The Morgan fingerprint density at radius 1 is 1.14 bits per heavy atom. The lowest BCUT2D eigenvalue weighted by Crippen LogP contribution is -2.47. The summed E-state index contributed by atoms with van der Waals surface area (Å²) < 4.78 is 16.8. The molecule has 0 spiro atoms. The van der Waals surface area contributed by atoms with Gasteiger partial charge in [-0.05, 0) is 69.2 Å². The predicted molar refractivity (Wildman–Crippen MR) is 142 cm³/mol. The number of rotatable bonds is 11. The highest BCUT2D eigenvalue weighted by molar-refractivity contribution is 6.42. The van der Waals surface area contributed by atoms with Crippen molar-refractivity contribution in [2.75, 3.05) is 19.8 Å². The van der Waals surface area contributed by atoms with Gasteiger partial charge in [-0.3, -0.25) is 9.59 Å². The van der Waals surface area contributed by atoms with Crippen LogP contribution in [-0.2, 0) is 25.6 Å². The van der Waals surface area contributed by atoms with Crippen molar-refractivity contribution in [1.82, 2.24) is 5.32 Å². The molecule has 0 saturated carbocycles. The summed E-state index contributed by atoms with van der Waals surface area (Å²) in [6, 6.07) is 12.2. The Labute approximate surface area is 226 Å². The van der Waals surface area contributed by atoms with Crippen LogP contribution < -0.4 is 10.1 Å². The third-order valence-corrected chi connectivity index (χ3v) is 6.20. The fourth-order valence-electron chi connectivity index (χ4n) is 3.60. The number of aliphatic imine (C=N–C) groups is 1. The molecule has 1 aliphatic heterocycles. The highest BCUT2D eigenvalue weighted by Gasteiger charge is 2.44. The van der Waals surface area contributed by atoms with Gasteiger partial charge in [-0.25, -0.2) is 4.99 Å². The van der Waals surface area contributed by atoms with Gasteiger partial charge in [0.2, 0.25) is 5.90 Å². The molecule has 0 fully saturated rings. The summed E-state index contributed by atoms with van der Waals surface area (Å²) >= 11 is 12.1. The topological polar surface area (TPSA) is 106 Å². The average Bonchev–Trinajstić information content (AvgIpc) is 3.29. The van der Waals surface area contributed by atoms with Crippen molar-refractivity contribution in [3.63, 3.8) is 0 Å². The highest BCUT2D eigenvalue weighted by Crippen LogP contribution is 2.29. The van der Waals surface area contributed by atoms with Crippen molar-refractivity contribution in [2.45, 2.75) is 57.7 Å². The lowest BCUT2D eigenvalue weighted by atomic mass is 9.94. The van der Waals surface area contributed by atoms with Crippen LogP contribution in [0.3, 0.4) is 0 Å². The second-order valence-corrected chi connectivity index (χ2v) is 10.5. The molecule has 0 aliphatic carbocycles. The first-order valence-corrected chi connectivity index (χ1v) is 12.8. The maximum absolute atomic E-state index is 13.4. The first kappa shape index (κ1) is 28.8. The molecule has 2 aromatic rings. The number of halogens is 2. The summed E-state index contributed by atoms with van der Waals surface area (Å²) in [5.74, 6) is 0.153. The van der Waals surface area contributed by atoms with E-state index >= 15 is 0 Å². The molecule has 10 heteroatoms. The minimum absolute atomic E-state index is 0.00472. The van der Waals surface area contributed by atoms with E-state index in [-0.39, 0.29) is 38.5 Å². The van der Waals surface area contributed by atoms with E-state index in [2.05, 4.69) is 10.3 Å². The van der Waals surface area contributed by atoms with Crippen LogP contribution in [0.4, 0.5) is 0 Å². The second-order valence-electron chi connectivity index (χ2n) is 9.70. The van der Waals surface area contributed by atoms with Crippen LogP contribution in [0, 0.1) is 0 Å². The molecule has 1 atom stereocenters. The lowest BCUT2D eigenvalue weighted by molar-refractivity contribution is -0.155. The molecule has 0 radical (unpaired) electrons. The fraction of sp³-hybridized carbons (Fsp3) is 0.444. The summed E-state index contributed by atoms with van der Waals surface area (Å²) in [5.41, 5.74) is -0.503. The standard InChI is InChI=1S/C27H32Cl2N2O6/c1-26(2,3)37-23(33)11-12-27(25(34)30-16-18-5-10-21(28)22(29)15-18)17-36-24(31-27)19-6-8-20(9-7-19)35-14-4-13-32/h5-10,15,32H,4,11-14,16-17H2,1-3H3,(H,30,34)/t27-/m1/s1. The number of ether oxygens (including phenoxy) is 3. The van der Waals surface area contributed by atoms with E-state index in [0.29, 0.717) is 40.3 Å². The minimum atomic E-state index is -1.31. The Balaban J connectivity index is 1.77. The number of aliphatic hydroxyl groups excluding tert-OH is 1. The minimum Gasteiger partial charge on any atom is -0.494 e. The van der Waals surface area contributed by atoms with Crippen LogP contribution >= 0.6 is 23.2 Å². The average molecular weight is 551 g/mol. The number of esters is 1. The summed E-state index contributed by atoms with van der Waals surface area (Å²) in [6.45, 7) is 6.01. The van der Waals surface area contributed by atoms with Crippen LogP contribution in [0.25, 0.3) is 0 Å². The predicted octanol–water partition coefficient (Wildman–Crippen LogP) is 4.71. The molecule has 1 amide bonds. The number of hydrogen-bond donors (Lipinski definition) is 2. The quantitative estimate of drug-likeness (QED) is 0.310. The molecule has 0 unspecified atom stereocenters. The zero-order valence-electron chi connectivity index (χ0n) is 21.2. The maximum atomic E-state index is 13.4. The van der Waals surface area contributed by atoms with Gasteiger partial charge in [0, 0.05) is 31.6 Å². The Morgan fingerprint density at radius 2 is 1.86 bits per heavy atom. The molecule has 2 aromatic carbocycles. The number of nitrogens with zero attached hydrogens (tertiary/aromatic N) is 1. The summed E-state index contributed by atoms with van der Waals surface area (Å²) in [5, 5.41) is 12.6. The van der Waals surface area contributed by atoms with Crippen molar-refractivity contribution in [2.24, 2.45) is 4.99 Å². The molecule has 2 N–H and O–H groups in total. The van der Waals surface area contributed by atoms with Crippen LogP contribution in [0.5, 0.6) is 5.75 Å². The zero-order chi connectivity index (χ0) is 27.1. The first-order valence-electron chi connectivity index (χ1n) is 12.0. The number of hydrogen-bond acceptors (Lipinski definition) is 7. The number of carbonyl (C=O) groups is 2. The van der Waals surface area contributed by atoms with Crippen molar-refractivity contribution < 1.29 is 28.9 Å². The van der Waals surface area contributed by atoms with Gasteiger partial charge >= 0.3 is 5.97 Å². The van der Waals surface area contributed by atoms with E-state index in [1.807, 2.05) is 0 Å². The molecule has 1 heterocycles. The molecule has 37 heavy (non-hydrogen) atoms. The van der Waals surface area contributed by atoms with Gasteiger partial charge in [0.05, 0.1) is 16.7 Å². The lowest BCUT2D eigenvalue weighted by Gasteiger charge is -2.24. The number of aliphatic hydroxyl groups is 1. The van der Waals surface area contributed by atoms with Gasteiger partial charge in [0.1, 0.15) is 18.0 Å². The van der Waals surface area contributed by atoms with Crippen LogP contribution in [-0.4, -0.2) is 53.8 Å². The second kappa shape index (κ2) is 12.6. The largest absolute Gasteiger partial charge is 0.494 e. The monoisotopic (exact) mass is 550 g/mol. The Kier molecular flexibility index (Phi) is 9.81. The first-order chi connectivity index (χ1) is 17.5. The van der Waals surface area contributed by atoms with E-state index in [1.54, 1.807) is 63.2 Å². The van der Waals surface area contributed by atoms with E-state index in [0.717, 1.165) is 5.56 Å². The summed E-state index contributed by atoms with van der Waals surface area (Å²) in [7, 11) is 0. The number of nitrogens with one attached hydrogen (secondary N) is 1. The number of amides is 1. The molecule has 1 aliphatic rings. The molecule has 0 saturated heterocycles. The Morgan fingerprint density at radius 3 is 2.51 bits per heavy atom. The number of carbonyl (C=O) groups excluding carboxylic acids is 2. The molecule has 200 valence electrons. The van der Waals surface area contributed by atoms with Gasteiger partial charge in [0.15, 0.2) is 5.54 Å². The van der Waals surface area contributed by atoms with Crippen LogP contribution in [0.2, 0.25) is 10.0 Å². The summed E-state index contributed by atoms with van der Waals surface area (Å²) in [6.07, 6.45) is 0.644. The van der Waals surface area contributed by atoms with E-state index in [1.165, 1.54) is 0 Å². The molecule has 0 bridgehead atoms. The van der Waals surface area contributed by atoms with Gasteiger partial charge in [-0.15, -0.1) is 0 Å². The molecule has 8 nitrogen and oxygen atoms in total. The van der Waals surface area contributed by atoms with Crippen molar-refractivity contribution >= 4 is 41.0 Å². The fourth-order valence-corrected chi connectivity index (χ4v) is 3.92. The normalized spacial score (nSPS) is 17.1.